The quantitative estimate of drug-likeness (QED) is 0.310. The second kappa shape index (κ2) is 14.2. The molecule has 42 heavy (non-hydrogen) atoms. The van der Waals surface area contributed by atoms with Gasteiger partial charge in [0.05, 0.1) is 24.8 Å². The normalized spacial score (nSPS) is 12.0. The van der Waals surface area contributed by atoms with Gasteiger partial charge < -0.3 is 19.7 Å². The van der Waals surface area contributed by atoms with Crippen LogP contribution in [0, 0.1) is 18.7 Å². The molecule has 0 saturated carbocycles. The fourth-order valence-electron chi connectivity index (χ4n) is 4.19. The van der Waals surface area contributed by atoms with Crippen molar-refractivity contribution in [2.45, 2.75) is 45.2 Å². The molecule has 0 heterocycles. The molecule has 1 N–H and O–H groups in total. The second-order valence-electron chi connectivity index (χ2n) is 10.3. The Bertz CT molecular complexity index is 1490. The minimum atomic E-state index is -4.28. The number of amides is 2. The van der Waals surface area contributed by atoms with Crippen molar-refractivity contribution in [1.82, 2.24) is 10.2 Å². The molecule has 11 heteroatoms. The van der Waals surface area contributed by atoms with Crippen molar-refractivity contribution in [3.63, 3.8) is 0 Å². The van der Waals surface area contributed by atoms with Gasteiger partial charge in [0.1, 0.15) is 18.4 Å². The van der Waals surface area contributed by atoms with E-state index in [4.69, 9.17) is 9.47 Å². The van der Waals surface area contributed by atoms with E-state index < -0.39 is 40.2 Å². The topological polar surface area (TPSA) is 105 Å². The van der Waals surface area contributed by atoms with Crippen molar-refractivity contribution in [1.29, 1.82) is 0 Å². The molecule has 0 fully saturated rings. The number of hydrogen-bond donors (Lipinski definition) is 1. The van der Waals surface area contributed by atoms with E-state index in [1.165, 1.54) is 74.6 Å². The number of benzene rings is 3. The molecule has 0 bridgehead atoms. The van der Waals surface area contributed by atoms with Crippen LogP contribution < -0.4 is 19.1 Å². The maximum absolute atomic E-state index is 14.7. The summed E-state index contributed by atoms with van der Waals surface area (Å²) in [5.74, 6) is -0.886. The first kappa shape index (κ1) is 32.4. The highest BCUT2D eigenvalue weighted by Gasteiger charge is 2.33. The summed E-state index contributed by atoms with van der Waals surface area (Å²) in [6, 6.07) is 15.6. The molecule has 3 aromatic carbocycles. The molecule has 0 radical (unpaired) electrons. The number of hydrogen-bond acceptors (Lipinski definition) is 6. The first-order valence-corrected chi connectivity index (χ1v) is 14.9. The van der Waals surface area contributed by atoms with Gasteiger partial charge in [0.2, 0.25) is 11.8 Å². The summed E-state index contributed by atoms with van der Waals surface area (Å²) in [4.78, 5) is 28.2. The number of halogens is 1. The average Bonchev–Trinajstić information content (AvgIpc) is 2.97. The molecule has 226 valence electrons. The van der Waals surface area contributed by atoms with E-state index in [1.54, 1.807) is 18.2 Å². The fourth-order valence-corrected chi connectivity index (χ4v) is 5.60. The highest BCUT2D eigenvalue weighted by Crippen LogP contribution is 2.34. The van der Waals surface area contributed by atoms with Crippen LogP contribution in [0.15, 0.2) is 71.6 Å². The van der Waals surface area contributed by atoms with Crippen molar-refractivity contribution >= 4 is 27.5 Å². The minimum absolute atomic E-state index is 0.0286. The zero-order valence-electron chi connectivity index (χ0n) is 24.8. The van der Waals surface area contributed by atoms with Gasteiger partial charge in [0.25, 0.3) is 10.0 Å². The van der Waals surface area contributed by atoms with Crippen LogP contribution >= 0.6 is 0 Å². The van der Waals surface area contributed by atoms with Crippen LogP contribution in [0.2, 0.25) is 0 Å². The summed E-state index contributed by atoms with van der Waals surface area (Å²) in [6.07, 6.45) is 0. The lowest BCUT2D eigenvalue weighted by Gasteiger charge is -2.32. The van der Waals surface area contributed by atoms with Gasteiger partial charge in [-0.2, -0.15) is 0 Å². The Morgan fingerprint density at radius 1 is 0.929 bits per heavy atom. The van der Waals surface area contributed by atoms with Crippen molar-refractivity contribution < 1.29 is 31.9 Å². The average molecular weight is 600 g/mol. The summed E-state index contributed by atoms with van der Waals surface area (Å²) in [6.45, 7) is 6.70. The predicted molar refractivity (Wildman–Crippen MR) is 160 cm³/mol. The number of nitrogens with one attached hydrogen (secondary N) is 1. The van der Waals surface area contributed by atoms with Crippen LogP contribution in [0.5, 0.6) is 11.5 Å². The molecular weight excluding hydrogens is 561 g/mol. The van der Waals surface area contributed by atoms with Crippen LogP contribution in [0.25, 0.3) is 0 Å². The molecular formula is C31H38FN3O6S. The number of aryl methyl sites for hydroxylation is 1. The lowest BCUT2D eigenvalue weighted by molar-refractivity contribution is -0.139. The lowest BCUT2D eigenvalue weighted by Crippen LogP contribution is -2.51. The maximum atomic E-state index is 14.7. The molecule has 1 atom stereocenters. The molecule has 0 aliphatic heterocycles. The van der Waals surface area contributed by atoms with E-state index >= 15 is 0 Å². The Morgan fingerprint density at radius 2 is 1.57 bits per heavy atom. The Labute approximate surface area is 247 Å². The van der Waals surface area contributed by atoms with Crippen molar-refractivity contribution in [3.8, 4) is 11.5 Å². The molecule has 0 unspecified atom stereocenters. The van der Waals surface area contributed by atoms with E-state index in [1.807, 2.05) is 20.8 Å². The predicted octanol–water partition coefficient (Wildman–Crippen LogP) is 4.54. The number of sulfonamides is 1. The number of ether oxygens (including phenoxy) is 2. The number of nitrogens with zero attached hydrogens (tertiary/aromatic N) is 2. The fraction of sp³-hybridized carbons (Fsp3) is 0.355. The smallest absolute Gasteiger partial charge is 0.264 e. The Kier molecular flexibility index (Phi) is 10.9. The van der Waals surface area contributed by atoms with Gasteiger partial charge in [-0.05, 0) is 50.1 Å². The van der Waals surface area contributed by atoms with E-state index in [0.717, 1.165) is 9.87 Å². The van der Waals surface area contributed by atoms with Gasteiger partial charge >= 0.3 is 0 Å². The van der Waals surface area contributed by atoms with Crippen molar-refractivity contribution in [2.75, 3.05) is 31.6 Å². The Morgan fingerprint density at radius 3 is 2.17 bits per heavy atom. The molecule has 2 amide bonds. The molecule has 0 aliphatic rings. The van der Waals surface area contributed by atoms with Gasteiger partial charge in [-0.1, -0.05) is 49.7 Å². The summed E-state index contributed by atoms with van der Waals surface area (Å²) in [5, 5.41) is 2.80. The number of carbonyl (C=O) groups is 2. The molecule has 3 aromatic rings. The van der Waals surface area contributed by atoms with Crippen LogP contribution in [-0.2, 0) is 26.2 Å². The van der Waals surface area contributed by atoms with E-state index in [9.17, 15) is 22.4 Å². The van der Waals surface area contributed by atoms with Gasteiger partial charge in [-0.25, -0.2) is 12.8 Å². The Hall–Kier alpha value is -4.12. The summed E-state index contributed by atoms with van der Waals surface area (Å²) in [5.41, 5.74) is 1.19. The van der Waals surface area contributed by atoms with E-state index in [2.05, 4.69) is 5.32 Å². The highest BCUT2D eigenvalue weighted by atomic mass is 32.2. The van der Waals surface area contributed by atoms with Gasteiger partial charge in [-0.15, -0.1) is 0 Å². The third-order valence-electron chi connectivity index (χ3n) is 6.69. The van der Waals surface area contributed by atoms with Crippen LogP contribution in [0.1, 0.15) is 31.9 Å². The van der Waals surface area contributed by atoms with Crippen LogP contribution in [-0.4, -0.2) is 58.5 Å². The van der Waals surface area contributed by atoms with E-state index in [0.29, 0.717) is 12.3 Å². The second-order valence-corrected chi connectivity index (χ2v) is 12.2. The van der Waals surface area contributed by atoms with Gasteiger partial charge in [-0.3, -0.25) is 13.9 Å². The molecule has 0 saturated heterocycles. The number of methoxy groups -OCH3 is 2. The summed E-state index contributed by atoms with van der Waals surface area (Å²) < 4.78 is 54.3. The third kappa shape index (κ3) is 7.79. The molecule has 0 aliphatic carbocycles. The maximum Gasteiger partial charge on any atom is 0.264 e. The van der Waals surface area contributed by atoms with Crippen molar-refractivity contribution in [2.24, 2.45) is 5.92 Å². The first-order valence-electron chi connectivity index (χ1n) is 13.5. The minimum Gasteiger partial charge on any atom is -0.493 e. The van der Waals surface area contributed by atoms with Gasteiger partial charge in [0.15, 0.2) is 11.5 Å². The third-order valence-corrected chi connectivity index (χ3v) is 8.48. The number of rotatable bonds is 13. The SMILES string of the molecule is COc1ccc(N(CC(=O)N(Cc2ccccc2F)[C@H](C)C(=O)NCC(C)C)S(=O)(=O)c2ccc(C)cc2)cc1OC. The van der Waals surface area contributed by atoms with Crippen molar-refractivity contribution in [3.05, 3.63) is 83.7 Å². The first-order chi connectivity index (χ1) is 19.9. The molecule has 0 spiro atoms. The number of carbonyl (C=O) groups excluding carboxylic acids is 2. The largest absolute Gasteiger partial charge is 0.493 e. The van der Waals surface area contributed by atoms with Crippen LogP contribution in [0.4, 0.5) is 10.1 Å². The lowest BCUT2D eigenvalue weighted by atomic mass is 10.1. The summed E-state index contributed by atoms with van der Waals surface area (Å²) in [7, 11) is -1.41. The van der Waals surface area contributed by atoms with Crippen LogP contribution in [0.3, 0.4) is 0 Å². The molecule has 3 rings (SSSR count). The Balaban J connectivity index is 2.08. The summed E-state index contributed by atoms with van der Waals surface area (Å²) >= 11 is 0. The standard InChI is InChI=1S/C31H38FN3O6S/c1-21(2)18-33-31(37)23(4)34(19-24-9-7-8-10-27(24)32)30(36)20-35(25-13-16-28(40-5)29(17-25)41-6)42(38,39)26-14-11-22(3)12-15-26/h7-17,21,23H,18-20H2,1-6H3,(H,33,37)/t23-/m1/s1. The van der Waals surface area contributed by atoms with Gasteiger partial charge in [0, 0.05) is 24.7 Å². The number of anilines is 1. The molecule has 0 aromatic heterocycles. The zero-order chi connectivity index (χ0) is 31.0. The zero-order valence-corrected chi connectivity index (χ0v) is 25.6. The monoisotopic (exact) mass is 599 g/mol. The molecule has 9 nitrogen and oxygen atoms in total. The highest BCUT2D eigenvalue weighted by molar-refractivity contribution is 7.92. The van der Waals surface area contributed by atoms with E-state index in [-0.39, 0.29) is 34.4 Å².